The number of fused-ring (bicyclic) bond motifs is 2. The van der Waals surface area contributed by atoms with Crippen LogP contribution in [-0.2, 0) is 6.54 Å². The Labute approximate surface area is 218 Å². The minimum atomic E-state index is 0.454. The minimum absolute atomic E-state index is 0.454. The third kappa shape index (κ3) is 4.97. The van der Waals surface area contributed by atoms with Gasteiger partial charge >= 0.3 is 0 Å². The molecule has 2 aromatic heterocycles. The molecule has 37 heavy (non-hydrogen) atoms. The second kappa shape index (κ2) is 10.6. The number of nitrogens with zero attached hydrogens (tertiary/aromatic N) is 8. The van der Waals surface area contributed by atoms with Gasteiger partial charge in [0, 0.05) is 88.3 Å². The van der Waals surface area contributed by atoms with Crippen LogP contribution >= 0.6 is 0 Å². The Morgan fingerprint density at radius 3 is 2.62 bits per heavy atom. The molecular weight excluding hydrogens is 462 g/mol. The zero-order valence-electron chi connectivity index (χ0n) is 21.6. The summed E-state index contributed by atoms with van der Waals surface area (Å²) in [5.74, 6) is 0.907. The fourth-order valence-electron chi connectivity index (χ4n) is 6.17. The van der Waals surface area contributed by atoms with Gasteiger partial charge < -0.3 is 15.1 Å². The van der Waals surface area contributed by atoms with Crippen molar-refractivity contribution in [3.8, 4) is 6.07 Å². The number of anilines is 2. The standard InChI is InChI=1S/C28H35N9/c1-21-18-36(26-5-4-22(15-29)28-25(26)3-2-7-31-28)19-23-6-10-34(13-14-37(21)23)20-27-32-16-24(17-33-27)35-11-8-30-9-12-35/h2-5,7,16-17,21,23,30H,6,8-14,18-20H2,1H3/t21-,23+/m1/s1. The lowest BCUT2D eigenvalue weighted by atomic mass is 10.0. The van der Waals surface area contributed by atoms with Crippen LogP contribution in [0.2, 0.25) is 0 Å². The molecule has 9 heteroatoms. The Morgan fingerprint density at radius 2 is 1.81 bits per heavy atom. The molecule has 192 valence electrons. The fourth-order valence-corrected chi connectivity index (χ4v) is 6.17. The lowest BCUT2D eigenvalue weighted by molar-refractivity contribution is 0.127. The smallest absolute Gasteiger partial charge is 0.142 e. The summed E-state index contributed by atoms with van der Waals surface area (Å²) in [5.41, 5.74) is 3.75. The summed E-state index contributed by atoms with van der Waals surface area (Å²) in [6.07, 6.45) is 6.87. The van der Waals surface area contributed by atoms with Gasteiger partial charge in [-0.2, -0.15) is 5.26 Å². The second-order valence-electron chi connectivity index (χ2n) is 10.4. The molecular formula is C28H35N9. The van der Waals surface area contributed by atoms with Crippen LogP contribution in [0.4, 0.5) is 11.4 Å². The first-order valence-electron chi connectivity index (χ1n) is 13.5. The monoisotopic (exact) mass is 497 g/mol. The molecule has 3 aromatic rings. The Kier molecular flexibility index (Phi) is 6.87. The van der Waals surface area contributed by atoms with Crippen LogP contribution < -0.4 is 15.1 Å². The zero-order valence-corrected chi connectivity index (χ0v) is 21.6. The van der Waals surface area contributed by atoms with E-state index in [2.05, 4.69) is 55.0 Å². The highest BCUT2D eigenvalue weighted by atomic mass is 15.3. The van der Waals surface area contributed by atoms with Gasteiger partial charge in [0.15, 0.2) is 0 Å². The summed E-state index contributed by atoms with van der Waals surface area (Å²) in [6, 6.07) is 11.3. The summed E-state index contributed by atoms with van der Waals surface area (Å²) in [6.45, 7) is 12.3. The van der Waals surface area contributed by atoms with Gasteiger partial charge in [0.05, 0.1) is 35.7 Å². The summed E-state index contributed by atoms with van der Waals surface area (Å²) in [7, 11) is 0. The van der Waals surface area contributed by atoms with Crippen molar-refractivity contribution in [1.82, 2.24) is 30.1 Å². The van der Waals surface area contributed by atoms with Crippen molar-refractivity contribution in [2.45, 2.75) is 32.0 Å². The SMILES string of the molecule is C[C@@H]1CN(c2ccc(C#N)c3ncccc23)C[C@@H]2CCN(Cc3ncc(N4CCNCC4)cn3)CCN21. The molecule has 0 radical (unpaired) electrons. The number of benzene rings is 1. The molecule has 0 bridgehead atoms. The number of nitriles is 1. The van der Waals surface area contributed by atoms with Crippen molar-refractivity contribution < 1.29 is 0 Å². The Morgan fingerprint density at radius 1 is 0.973 bits per heavy atom. The predicted molar refractivity (Wildman–Crippen MR) is 146 cm³/mol. The maximum Gasteiger partial charge on any atom is 0.142 e. The molecule has 2 atom stereocenters. The molecule has 0 spiro atoms. The van der Waals surface area contributed by atoms with Crippen molar-refractivity contribution in [1.29, 1.82) is 5.26 Å². The maximum absolute atomic E-state index is 9.54. The summed E-state index contributed by atoms with van der Waals surface area (Å²) in [4.78, 5) is 24.0. The van der Waals surface area contributed by atoms with Gasteiger partial charge in [-0.05, 0) is 37.6 Å². The number of nitrogens with one attached hydrogen (secondary N) is 1. The number of pyridine rings is 1. The molecule has 3 aliphatic heterocycles. The molecule has 0 saturated carbocycles. The highest BCUT2D eigenvalue weighted by molar-refractivity contribution is 5.95. The highest BCUT2D eigenvalue weighted by Crippen LogP contribution is 2.32. The molecule has 0 amide bonds. The lowest BCUT2D eigenvalue weighted by Crippen LogP contribution is -2.58. The van der Waals surface area contributed by atoms with Gasteiger partial charge in [0.25, 0.3) is 0 Å². The average Bonchev–Trinajstić information content (AvgIpc) is 3.16. The van der Waals surface area contributed by atoms with Gasteiger partial charge in [0.2, 0.25) is 0 Å². The van der Waals surface area contributed by atoms with Crippen molar-refractivity contribution in [2.75, 3.05) is 68.7 Å². The van der Waals surface area contributed by atoms with E-state index in [-0.39, 0.29) is 0 Å². The van der Waals surface area contributed by atoms with Crippen LogP contribution in [0.5, 0.6) is 0 Å². The van der Waals surface area contributed by atoms with Crippen LogP contribution in [0.3, 0.4) is 0 Å². The van der Waals surface area contributed by atoms with Crippen molar-refractivity contribution in [3.05, 3.63) is 54.2 Å². The van der Waals surface area contributed by atoms with Crippen LogP contribution in [-0.4, -0.2) is 95.7 Å². The zero-order chi connectivity index (χ0) is 25.2. The summed E-state index contributed by atoms with van der Waals surface area (Å²) < 4.78 is 0. The Balaban J connectivity index is 1.13. The largest absolute Gasteiger partial charge is 0.368 e. The van der Waals surface area contributed by atoms with E-state index in [1.54, 1.807) is 6.20 Å². The maximum atomic E-state index is 9.54. The normalized spacial score (nSPS) is 23.5. The molecule has 1 aromatic carbocycles. The van der Waals surface area contributed by atoms with Gasteiger partial charge in [0.1, 0.15) is 11.9 Å². The molecule has 3 fully saturated rings. The highest BCUT2D eigenvalue weighted by Gasteiger charge is 2.35. The first kappa shape index (κ1) is 24.0. The third-order valence-corrected chi connectivity index (χ3v) is 8.15. The van der Waals surface area contributed by atoms with Crippen LogP contribution in [0.15, 0.2) is 42.9 Å². The van der Waals surface area contributed by atoms with Crippen molar-refractivity contribution >= 4 is 22.3 Å². The number of piperazine rings is 2. The van der Waals surface area contributed by atoms with E-state index in [0.29, 0.717) is 17.6 Å². The van der Waals surface area contributed by atoms with Gasteiger partial charge in [-0.25, -0.2) is 9.97 Å². The van der Waals surface area contributed by atoms with E-state index in [4.69, 9.17) is 9.97 Å². The number of hydrogen-bond acceptors (Lipinski definition) is 9. The number of rotatable bonds is 4. The second-order valence-corrected chi connectivity index (χ2v) is 10.4. The molecule has 6 rings (SSSR count). The summed E-state index contributed by atoms with van der Waals surface area (Å²) in [5, 5.41) is 14.0. The molecule has 3 aliphatic rings. The van der Waals surface area contributed by atoms with E-state index in [1.807, 2.05) is 24.5 Å². The van der Waals surface area contributed by atoms with E-state index in [0.717, 1.165) is 94.3 Å². The minimum Gasteiger partial charge on any atom is -0.368 e. The molecule has 5 heterocycles. The lowest BCUT2D eigenvalue weighted by Gasteiger charge is -2.46. The Bertz CT molecular complexity index is 1260. The van der Waals surface area contributed by atoms with Crippen LogP contribution in [0, 0.1) is 11.3 Å². The molecule has 9 nitrogen and oxygen atoms in total. The third-order valence-electron chi connectivity index (χ3n) is 8.15. The number of hydrogen-bond donors (Lipinski definition) is 1. The number of aromatic nitrogens is 3. The van der Waals surface area contributed by atoms with E-state index in [9.17, 15) is 5.26 Å². The predicted octanol–water partition coefficient (Wildman–Crippen LogP) is 2.09. The first-order chi connectivity index (χ1) is 18.2. The quantitative estimate of drug-likeness (QED) is 0.582. The summed E-state index contributed by atoms with van der Waals surface area (Å²) >= 11 is 0. The molecule has 3 saturated heterocycles. The fraction of sp³-hybridized carbons (Fsp3) is 0.500. The van der Waals surface area contributed by atoms with Gasteiger partial charge in [-0.3, -0.25) is 14.8 Å². The van der Waals surface area contributed by atoms with Crippen LogP contribution in [0.1, 0.15) is 24.7 Å². The molecule has 0 unspecified atom stereocenters. The first-order valence-corrected chi connectivity index (χ1v) is 13.5. The van der Waals surface area contributed by atoms with E-state index >= 15 is 0 Å². The average molecular weight is 498 g/mol. The molecule has 0 aliphatic carbocycles. The van der Waals surface area contributed by atoms with E-state index in [1.165, 1.54) is 5.69 Å². The van der Waals surface area contributed by atoms with Crippen molar-refractivity contribution in [2.24, 2.45) is 0 Å². The van der Waals surface area contributed by atoms with E-state index < -0.39 is 0 Å². The molecule has 1 N–H and O–H groups in total. The van der Waals surface area contributed by atoms with Gasteiger partial charge in [-0.15, -0.1) is 0 Å². The van der Waals surface area contributed by atoms with Crippen LogP contribution in [0.25, 0.3) is 10.9 Å². The van der Waals surface area contributed by atoms with Gasteiger partial charge in [-0.1, -0.05) is 0 Å². The van der Waals surface area contributed by atoms with Crippen molar-refractivity contribution in [3.63, 3.8) is 0 Å². The Hall–Kier alpha value is -3.32. The topological polar surface area (TPSA) is 87.5 Å².